The Labute approximate surface area is 169 Å². The summed E-state index contributed by atoms with van der Waals surface area (Å²) in [4.78, 5) is 24.9. The molecule has 0 radical (unpaired) electrons. The number of hydrogen-bond acceptors (Lipinski definition) is 5. The van der Waals surface area contributed by atoms with Gasteiger partial charge in [-0.05, 0) is 26.3 Å². The lowest BCUT2D eigenvalue weighted by Crippen LogP contribution is -2.35. The Bertz CT molecular complexity index is 902. The quantitative estimate of drug-likeness (QED) is 0.801. The van der Waals surface area contributed by atoms with Crippen LogP contribution in [-0.4, -0.2) is 51.9 Å². The Morgan fingerprint density at radius 3 is 2.69 bits per heavy atom. The number of halogens is 2. The number of likely N-dealkylation sites (N-methyl/N-ethyl adjacent to an activating group) is 1. The lowest BCUT2D eigenvalue weighted by molar-refractivity contribution is 0.0782. The highest BCUT2D eigenvalue weighted by Crippen LogP contribution is 2.22. The van der Waals surface area contributed by atoms with Crippen LogP contribution < -0.4 is 5.32 Å². The maximum absolute atomic E-state index is 13.9. The Kier molecular flexibility index (Phi) is 6.10. The summed E-state index contributed by atoms with van der Waals surface area (Å²) in [6.07, 6.45) is 3.77. The van der Waals surface area contributed by atoms with Crippen molar-refractivity contribution >= 4 is 11.9 Å². The third-order valence-electron chi connectivity index (χ3n) is 5.29. The van der Waals surface area contributed by atoms with Gasteiger partial charge in [0.15, 0.2) is 11.6 Å². The van der Waals surface area contributed by atoms with E-state index in [2.05, 4.69) is 26.8 Å². The SMILES string of the molecule is C=C(C)N(C)C1CCN(C(=O)c2cnc(NC(C)c3cccc(F)c3F)nc2)C1. The van der Waals surface area contributed by atoms with Crippen LogP contribution >= 0.6 is 0 Å². The smallest absolute Gasteiger partial charge is 0.257 e. The number of rotatable bonds is 6. The molecule has 2 atom stereocenters. The first-order chi connectivity index (χ1) is 13.8. The van der Waals surface area contributed by atoms with E-state index in [0.717, 1.165) is 18.2 Å². The van der Waals surface area contributed by atoms with E-state index in [1.165, 1.54) is 24.5 Å². The Balaban J connectivity index is 1.63. The summed E-state index contributed by atoms with van der Waals surface area (Å²) in [5.41, 5.74) is 1.53. The molecule has 1 aromatic carbocycles. The maximum Gasteiger partial charge on any atom is 0.257 e. The van der Waals surface area contributed by atoms with Gasteiger partial charge in [0.25, 0.3) is 5.91 Å². The van der Waals surface area contributed by atoms with Gasteiger partial charge in [-0.3, -0.25) is 4.79 Å². The molecule has 3 rings (SSSR count). The summed E-state index contributed by atoms with van der Waals surface area (Å²) in [5, 5.41) is 2.93. The standard InChI is InChI=1S/C21H25F2N5O/c1-13(2)27(4)16-8-9-28(12-16)20(29)15-10-24-21(25-11-15)26-14(3)17-6-5-7-18(22)19(17)23/h5-7,10-11,14,16H,1,8-9,12H2,2-4H3,(H,24,25,26). The molecule has 8 heteroatoms. The number of allylic oxidation sites excluding steroid dienone is 1. The second-order valence-corrected chi connectivity index (χ2v) is 7.34. The van der Waals surface area contributed by atoms with Gasteiger partial charge in [0.1, 0.15) is 0 Å². The van der Waals surface area contributed by atoms with E-state index in [4.69, 9.17) is 0 Å². The first kappa shape index (κ1) is 20.7. The number of nitrogens with one attached hydrogen (secondary N) is 1. The Hall–Kier alpha value is -3.03. The van der Waals surface area contributed by atoms with Crippen LogP contribution in [0, 0.1) is 11.6 Å². The molecule has 1 amide bonds. The molecular weight excluding hydrogens is 376 g/mol. The molecule has 1 aliphatic rings. The van der Waals surface area contributed by atoms with Crippen LogP contribution in [0.4, 0.5) is 14.7 Å². The summed E-state index contributed by atoms with van der Waals surface area (Å²) in [5.74, 6) is -1.70. The van der Waals surface area contributed by atoms with Crippen LogP contribution in [0.15, 0.2) is 42.9 Å². The molecule has 0 saturated carbocycles. The zero-order chi connectivity index (χ0) is 21.1. The van der Waals surface area contributed by atoms with Gasteiger partial charge in [0.2, 0.25) is 5.95 Å². The number of carbonyl (C=O) groups excluding carboxylic acids is 1. The van der Waals surface area contributed by atoms with E-state index < -0.39 is 17.7 Å². The highest BCUT2D eigenvalue weighted by atomic mass is 19.2. The monoisotopic (exact) mass is 401 g/mol. The molecule has 2 unspecified atom stereocenters. The van der Waals surface area contributed by atoms with E-state index in [-0.39, 0.29) is 23.5 Å². The van der Waals surface area contributed by atoms with Crippen LogP contribution in [-0.2, 0) is 0 Å². The molecule has 1 N–H and O–H groups in total. The van der Waals surface area contributed by atoms with Crippen molar-refractivity contribution in [2.24, 2.45) is 0 Å². The van der Waals surface area contributed by atoms with Gasteiger partial charge in [-0.1, -0.05) is 18.7 Å². The molecule has 1 fully saturated rings. The Morgan fingerprint density at radius 2 is 2.03 bits per heavy atom. The van der Waals surface area contributed by atoms with Crippen molar-refractivity contribution in [1.29, 1.82) is 0 Å². The lowest BCUT2D eigenvalue weighted by Gasteiger charge is -2.26. The summed E-state index contributed by atoms with van der Waals surface area (Å²) in [6.45, 7) is 8.86. The number of likely N-dealkylation sites (tertiary alicyclic amines) is 1. The van der Waals surface area contributed by atoms with E-state index in [0.29, 0.717) is 18.7 Å². The van der Waals surface area contributed by atoms with Crippen LogP contribution in [0.1, 0.15) is 42.2 Å². The normalized spacial score (nSPS) is 17.1. The van der Waals surface area contributed by atoms with Gasteiger partial charge in [-0.25, -0.2) is 18.7 Å². The minimum atomic E-state index is -0.903. The molecule has 1 saturated heterocycles. The molecule has 0 aliphatic carbocycles. The van der Waals surface area contributed by atoms with E-state index in [9.17, 15) is 13.6 Å². The average molecular weight is 401 g/mol. The molecule has 0 bridgehead atoms. The fourth-order valence-electron chi connectivity index (χ4n) is 3.38. The second kappa shape index (κ2) is 8.55. The summed E-state index contributed by atoms with van der Waals surface area (Å²) >= 11 is 0. The van der Waals surface area contributed by atoms with Gasteiger partial charge in [-0.15, -0.1) is 0 Å². The second-order valence-electron chi connectivity index (χ2n) is 7.34. The van der Waals surface area contributed by atoms with Crippen molar-refractivity contribution < 1.29 is 13.6 Å². The van der Waals surface area contributed by atoms with E-state index in [1.807, 2.05) is 14.0 Å². The molecule has 29 heavy (non-hydrogen) atoms. The maximum atomic E-state index is 13.9. The lowest BCUT2D eigenvalue weighted by atomic mass is 10.1. The van der Waals surface area contributed by atoms with E-state index in [1.54, 1.807) is 11.8 Å². The average Bonchev–Trinajstić information content (AvgIpc) is 3.19. The van der Waals surface area contributed by atoms with Crippen molar-refractivity contribution in [1.82, 2.24) is 19.8 Å². The van der Waals surface area contributed by atoms with Gasteiger partial charge in [0.05, 0.1) is 11.6 Å². The molecular formula is C21H25F2N5O. The predicted octanol–water partition coefficient (Wildman–Crippen LogP) is 3.61. The molecule has 154 valence electrons. The fourth-order valence-corrected chi connectivity index (χ4v) is 3.38. The van der Waals surface area contributed by atoms with Crippen molar-refractivity contribution in [2.75, 3.05) is 25.5 Å². The number of anilines is 1. The number of carbonyl (C=O) groups is 1. The number of hydrogen-bond donors (Lipinski definition) is 1. The number of amides is 1. The van der Waals surface area contributed by atoms with Gasteiger partial charge in [0, 0.05) is 49.8 Å². The minimum Gasteiger partial charge on any atom is -0.374 e. The third kappa shape index (κ3) is 4.52. The molecule has 1 aromatic heterocycles. The number of benzene rings is 1. The van der Waals surface area contributed by atoms with Gasteiger partial charge >= 0.3 is 0 Å². The van der Waals surface area contributed by atoms with Gasteiger partial charge < -0.3 is 15.1 Å². The van der Waals surface area contributed by atoms with Gasteiger partial charge in [-0.2, -0.15) is 0 Å². The molecule has 6 nitrogen and oxygen atoms in total. The van der Waals surface area contributed by atoms with E-state index >= 15 is 0 Å². The summed E-state index contributed by atoms with van der Waals surface area (Å²) in [7, 11) is 1.98. The summed E-state index contributed by atoms with van der Waals surface area (Å²) < 4.78 is 27.3. The molecule has 0 spiro atoms. The Morgan fingerprint density at radius 1 is 1.34 bits per heavy atom. The van der Waals surface area contributed by atoms with Crippen molar-refractivity contribution in [3.63, 3.8) is 0 Å². The van der Waals surface area contributed by atoms with Crippen molar-refractivity contribution in [3.8, 4) is 0 Å². The minimum absolute atomic E-state index is 0.126. The first-order valence-electron chi connectivity index (χ1n) is 9.48. The predicted molar refractivity (Wildman–Crippen MR) is 107 cm³/mol. The zero-order valence-corrected chi connectivity index (χ0v) is 16.8. The molecule has 1 aliphatic heterocycles. The summed E-state index contributed by atoms with van der Waals surface area (Å²) in [6, 6.07) is 3.73. The van der Waals surface area contributed by atoms with Crippen LogP contribution in [0.2, 0.25) is 0 Å². The molecule has 2 aromatic rings. The topological polar surface area (TPSA) is 61.4 Å². The number of nitrogens with zero attached hydrogens (tertiary/aromatic N) is 4. The van der Waals surface area contributed by atoms with Crippen molar-refractivity contribution in [2.45, 2.75) is 32.4 Å². The van der Waals surface area contributed by atoms with Crippen LogP contribution in [0.3, 0.4) is 0 Å². The third-order valence-corrected chi connectivity index (χ3v) is 5.29. The van der Waals surface area contributed by atoms with Crippen LogP contribution in [0.5, 0.6) is 0 Å². The largest absolute Gasteiger partial charge is 0.374 e. The van der Waals surface area contributed by atoms with Crippen LogP contribution in [0.25, 0.3) is 0 Å². The highest BCUT2D eigenvalue weighted by Gasteiger charge is 2.29. The van der Waals surface area contributed by atoms with Crippen molar-refractivity contribution in [3.05, 3.63) is 65.6 Å². The highest BCUT2D eigenvalue weighted by molar-refractivity contribution is 5.93. The zero-order valence-electron chi connectivity index (χ0n) is 16.8. The first-order valence-corrected chi connectivity index (χ1v) is 9.48. The molecule has 2 heterocycles. The fraction of sp³-hybridized carbons (Fsp3) is 0.381. The number of aromatic nitrogens is 2.